The summed E-state index contributed by atoms with van der Waals surface area (Å²) in [5.74, 6) is 0.661. The molecule has 2 N–H and O–H groups in total. The van der Waals surface area contributed by atoms with E-state index in [9.17, 15) is 24.8 Å². The highest BCUT2D eigenvalue weighted by molar-refractivity contribution is 5.81. The van der Waals surface area contributed by atoms with E-state index in [1.54, 1.807) is 30.3 Å². The van der Waals surface area contributed by atoms with Crippen molar-refractivity contribution in [2.24, 2.45) is 19.2 Å². The van der Waals surface area contributed by atoms with Gasteiger partial charge in [-0.25, -0.2) is 10.2 Å². The van der Waals surface area contributed by atoms with Crippen LogP contribution in [-0.2, 0) is 20.6 Å². The summed E-state index contributed by atoms with van der Waals surface area (Å²) in [5.41, 5.74) is 2.12. The molecule has 0 aliphatic heterocycles. The van der Waals surface area contributed by atoms with Crippen LogP contribution in [0.5, 0.6) is 5.75 Å². The molecule has 0 fully saturated rings. The lowest BCUT2D eigenvalue weighted by molar-refractivity contribution is -0.384. The molecule has 0 saturated heterocycles. The van der Waals surface area contributed by atoms with E-state index in [2.05, 4.69) is 15.5 Å². The Balaban J connectivity index is 1.66. The number of nitro groups is 1. The first-order chi connectivity index (χ1) is 17.3. The van der Waals surface area contributed by atoms with Crippen molar-refractivity contribution < 1.29 is 14.8 Å². The third-order valence-electron chi connectivity index (χ3n) is 5.39. The first-order valence-corrected chi connectivity index (χ1v) is 10.8. The molecule has 0 aliphatic rings. The quantitative estimate of drug-likeness (QED) is 0.200. The van der Waals surface area contributed by atoms with Gasteiger partial charge in [-0.1, -0.05) is 30.3 Å². The number of benzene rings is 2. The maximum atomic E-state index is 12.9. The molecule has 1 atom stereocenters. The number of nitrogens with zero attached hydrogens (tertiary/aromatic N) is 6. The summed E-state index contributed by atoms with van der Waals surface area (Å²) in [6, 6.07) is 14.8. The van der Waals surface area contributed by atoms with Gasteiger partial charge in [0.25, 0.3) is 11.2 Å². The number of hydrogen-bond acceptors (Lipinski definition) is 9. The number of hydrazone groups is 1. The number of aryl methyl sites for hydroxylation is 1. The van der Waals surface area contributed by atoms with Crippen molar-refractivity contribution in [1.29, 1.82) is 0 Å². The average Bonchev–Trinajstić information content (AvgIpc) is 3.23. The standard InChI is InChI=1S/C23H23N7O6/c1-27-20-19(21(32)28(2)23(27)33)29(13-17(31)14-36-18-9-4-3-5-10-18)22(25-20)26-24-12-15-7-6-8-16(11-15)30(34)35/h3-12,17,31H,13-14H2,1-2H3,(H,25,26). The molecule has 0 saturated carbocycles. The first kappa shape index (κ1) is 24.3. The number of rotatable bonds is 9. The van der Waals surface area contributed by atoms with Gasteiger partial charge in [0.05, 0.1) is 17.7 Å². The number of nitrogens with one attached hydrogen (secondary N) is 1. The molecule has 2 heterocycles. The maximum absolute atomic E-state index is 12.9. The fourth-order valence-corrected chi connectivity index (χ4v) is 3.57. The molecule has 186 valence electrons. The van der Waals surface area contributed by atoms with Crippen LogP contribution in [0.4, 0.5) is 11.6 Å². The summed E-state index contributed by atoms with van der Waals surface area (Å²) in [6.45, 7) is -0.155. The highest BCUT2D eigenvalue weighted by Gasteiger charge is 2.21. The Morgan fingerprint density at radius 3 is 2.64 bits per heavy atom. The zero-order valence-electron chi connectivity index (χ0n) is 19.4. The van der Waals surface area contributed by atoms with Crippen molar-refractivity contribution in [3.63, 3.8) is 0 Å². The van der Waals surface area contributed by atoms with E-state index in [0.29, 0.717) is 11.3 Å². The van der Waals surface area contributed by atoms with E-state index in [0.717, 1.165) is 4.57 Å². The SMILES string of the molecule is Cn1c(=O)c2c(nc(NN=Cc3cccc([N+](=O)[O-])c3)n2CC(O)COc2ccccc2)n(C)c1=O. The highest BCUT2D eigenvalue weighted by atomic mass is 16.6. The van der Waals surface area contributed by atoms with Crippen LogP contribution in [0.25, 0.3) is 11.2 Å². The summed E-state index contributed by atoms with van der Waals surface area (Å²) >= 11 is 0. The summed E-state index contributed by atoms with van der Waals surface area (Å²) in [6.07, 6.45) is 0.314. The van der Waals surface area contributed by atoms with Crippen LogP contribution in [-0.4, -0.2) is 47.6 Å². The van der Waals surface area contributed by atoms with Gasteiger partial charge in [0.15, 0.2) is 11.2 Å². The van der Waals surface area contributed by atoms with Gasteiger partial charge < -0.3 is 14.4 Å². The number of aliphatic hydroxyl groups excluding tert-OH is 1. The predicted octanol–water partition coefficient (Wildman–Crippen LogP) is 1.23. The predicted molar refractivity (Wildman–Crippen MR) is 132 cm³/mol. The zero-order valence-corrected chi connectivity index (χ0v) is 19.4. The lowest BCUT2D eigenvalue weighted by atomic mass is 10.2. The van der Waals surface area contributed by atoms with Crippen molar-refractivity contribution in [2.75, 3.05) is 12.0 Å². The van der Waals surface area contributed by atoms with Crippen molar-refractivity contribution >= 4 is 29.0 Å². The minimum atomic E-state index is -1.04. The van der Waals surface area contributed by atoms with Crippen LogP contribution in [0.3, 0.4) is 0 Å². The van der Waals surface area contributed by atoms with Gasteiger partial charge in [-0.3, -0.25) is 24.0 Å². The van der Waals surface area contributed by atoms with E-state index in [1.165, 1.54) is 47.6 Å². The Kier molecular flexibility index (Phi) is 6.92. The number of imidazole rings is 1. The molecule has 4 aromatic rings. The minimum absolute atomic E-state index is 0.0633. The molecular formula is C23H23N7O6. The Morgan fingerprint density at radius 1 is 1.17 bits per heavy atom. The van der Waals surface area contributed by atoms with Crippen LogP contribution >= 0.6 is 0 Å². The fourth-order valence-electron chi connectivity index (χ4n) is 3.57. The molecule has 0 amide bonds. The second kappa shape index (κ2) is 10.2. The molecule has 2 aromatic carbocycles. The molecule has 0 aliphatic carbocycles. The van der Waals surface area contributed by atoms with E-state index in [4.69, 9.17) is 4.74 Å². The molecule has 13 nitrogen and oxygen atoms in total. The van der Waals surface area contributed by atoms with Gasteiger partial charge in [0.2, 0.25) is 5.95 Å². The van der Waals surface area contributed by atoms with Crippen molar-refractivity contribution in [2.45, 2.75) is 12.6 Å². The lowest BCUT2D eigenvalue weighted by Gasteiger charge is -2.15. The largest absolute Gasteiger partial charge is 0.491 e. The number of para-hydroxylation sites is 1. The molecule has 4 rings (SSSR count). The van der Waals surface area contributed by atoms with Crippen molar-refractivity contribution in [3.05, 3.63) is 91.1 Å². The summed E-state index contributed by atoms with van der Waals surface area (Å²) in [4.78, 5) is 40.2. The van der Waals surface area contributed by atoms with Crippen molar-refractivity contribution in [1.82, 2.24) is 18.7 Å². The molecule has 0 bridgehead atoms. The number of hydrogen-bond donors (Lipinski definition) is 2. The van der Waals surface area contributed by atoms with E-state index in [1.807, 2.05) is 6.07 Å². The molecule has 36 heavy (non-hydrogen) atoms. The highest BCUT2D eigenvalue weighted by Crippen LogP contribution is 2.18. The van der Waals surface area contributed by atoms with Crippen LogP contribution in [0, 0.1) is 10.1 Å². The van der Waals surface area contributed by atoms with Gasteiger partial charge in [-0.15, -0.1) is 0 Å². The second-order valence-electron chi connectivity index (χ2n) is 7.92. The van der Waals surface area contributed by atoms with Crippen LogP contribution in [0.2, 0.25) is 0 Å². The molecule has 0 spiro atoms. The number of anilines is 1. The first-order valence-electron chi connectivity index (χ1n) is 10.8. The lowest BCUT2D eigenvalue weighted by Crippen LogP contribution is -2.38. The number of nitro benzene ring substituents is 1. The fraction of sp³-hybridized carbons (Fsp3) is 0.217. The van der Waals surface area contributed by atoms with Crippen LogP contribution in [0.1, 0.15) is 5.56 Å². The molecule has 13 heteroatoms. The normalized spacial score (nSPS) is 12.2. The second-order valence-corrected chi connectivity index (χ2v) is 7.92. The Morgan fingerprint density at radius 2 is 1.92 bits per heavy atom. The zero-order chi connectivity index (χ0) is 25.8. The van der Waals surface area contributed by atoms with Gasteiger partial charge in [-0.05, 0) is 12.1 Å². The van der Waals surface area contributed by atoms with E-state index >= 15 is 0 Å². The van der Waals surface area contributed by atoms with Gasteiger partial charge in [0, 0.05) is 31.8 Å². The van der Waals surface area contributed by atoms with Crippen LogP contribution in [0.15, 0.2) is 69.3 Å². The summed E-state index contributed by atoms with van der Waals surface area (Å²) in [7, 11) is 2.83. The molecule has 0 radical (unpaired) electrons. The number of aromatic nitrogens is 4. The van der Waals surface area contributed by atoms with E-state index in [-0.39, 0.29) is 36.0 Å². The third kappa shape index (κ3) is 5.00. The third-order valence-corrected chi connectivity index (χ3v) is 5.39. The smallest absolute Gasteiger partial charge is 0.332 e. The summed E-state index contributed by atoms with van der Waals surface area (Å²) < 4.78 is 9.19. The Bertz CT molecular complexity index is 1560. The van der Waals surface area contributed by atoms with E-state index < -0.39 is 22.3 Å². The number of aliphatic hydroxyl groups is 1. The van der Waals surface area contributed by atoms with Gasteiger partial charge in [-0.2, -0.15) is 10.1 Å². The number of non-ortho nitro benzene ring substituents is 1. The molecular weight excluding hydrogens is 470 g/mol. The summed E-state index contributed by atoms with van der Waals surface area (Å²) in [5, 5.41) is 25.7. The monoisotopic (exact) mass is 493 g/mol. The minimum Gasteiger partial charge on any atom is -0.491 e. The number of fused-ring (bicyclic) bond motifs is 1. The van der Waals surface area contributed by atoms with Gasteiger partial charge in [0.1, 0.15) is 18.5 Å². The Labute approximate surface area is 203 Å². The average molecular weight is 493 g/mol. The van der Waals surface area contributed by atoms with Gasteiger partial charge >= 0.3 is 5.69 Å². The van der Waals surface area contributed by atoms with Crippen LogP contribution < -0.4 is 21.4 Å². The number of ether oxygens (including phenoxy) is 1. The molecule has 2 aromatic heterocycles. The van der Waals surface area contributed by atoms with Crippen molar-refractivity contribution in [3.8, 4) is 5.75 Å². The Hall–Kier alpha value is -4.78. The molecule has 1 unspecified atom stereocenters. The maximum Gasteiger partial charge on any atom is 0.332 e. The topological polar surface area (TPSA) is 159 Å².